The molecule has 0 radical (unpaired) electrons. The summed E-state index contributed by atoms with van der Waals surface area (Å²) in [5.41, 5.74) is 1.06. The standard InChI is InChI=1S/C14H9F2N3O/c15-10-4-9(5-11(16)6-10)14(20)18-12-3-1-2-8-7-17-19-13(8)12/h1-7H,(H,17,19)(H,18,20). The summed E-state index contributed by atoms with van der Waals surface area (Å²) in [5, 5.41) is 10.1. The Labute approximate surface area is 112 Å². The zero-order valence-electron chi connectivity index (χ0n) is 10.2. The monoisotopic (exact) mass is 273 g/mol. The van der Waals surface area contributed by atoms with Gasteiger partial charge in [0.1, 0.15) is 11.6 Å². The average molecular weight is 273 g/mol. The number of nitrogens with one attached hydrogen (secondary N) is 2. The van der Waals surface area contributed by atoms with E-state index < -0.39 is 17.5 Å². The van der Waals surface area contributed by atoms with Crippen molar-refractivity contribution in [3.8, 4) is 0 Å². The first-order valence-corrected chi connectivity index (χ1v) is 5.83. The number of amides is 1. The van der Waals surface area contributed by atoms with Gasteiger partial charge in [-0.05, 0) is 18.2 Å². The van der Waals surface area contributed by atoms with Crippen LogP contribution in [0.5, 0.6) is 0 Å². The predicted molar refractivity (Wildman–Crippen MR) is 70.4 cm³/mol. The highest BCUT2D eigenvalue weighted by Gasteiger charge is 2.11. The zero-order chi connectivity index (χ0) is 14.1. The summed E-state index contributed by atoms with van der Waals surface area (Å²) in [6.45, 7) is 0. The summed E-state index contributed by atoms with van der Waals surface area (Å²) in [6, 6.07) is 7.92. The van der Waals surface area contributed by atoms with E-state index >= 15 is 0 Å². The number of rotatable bonds is 2. The van der Waals surface area contributed by atoms with Crippen molar-refractivity contribution in [1.82, 2.24) is 10.2 Å². The molecule has 1 amide bonds. The topological polar surface area (TPSA) is 57.8 Å². The van der Waals surface area contributed by atoms with Crippen LogP contribution in [0.4, 0.5) is 14.5 Å². The van der Waals surface area contributed by atoms with Gasteiger partial charge in [-0.1, -0.05) is 12.1 Å². The molecule has 6 heteroatoms. The number of carbonyl (C=O) groups excluding carboxylic acids is 1. The lowest BCUT2D eigenvalue weighted by atomic mass is 10.2. The maximum atomic E-state index is 13.1. The SMILES string of the molecule is O=C(Nc1cccc2cn[nH]c12)c1cc(F)cc(F)c1. The first kappa shape index (κ1) is 12.3. The Hall–Kier alpha value is -2.76. The largest absolute Gasteiger partial charge is 0.320 e. The Balaban J connectivity index is 1.94. The molecule has 0 aliphatic heterocycles. The van der Waals surface area contributed by atoms with E-state index in [1.807, 2.05) is 6.07 Å². The predicted octanol–water partition coefficient (Wildman–Crippen LogP) is 3.09. The number of carbonyl (C=O) groups is 1. The maximum Gasteiger partial charge on any atom is 0.255 e. The number of aromatic amines is 1. The second-order valence-electron chi connectivity index (χ2n) is 4.25. The van der Waals surface area contributed by atoms with Gasteiger partial charge in [-0.25, -0.2) is 8.78 Å². The maximum absolute atomic E-state index is 13.1. The molecule has 100 valence electrons. The zero-order valence-corrected chi connectivity index (χ0v) is 10.2. The molecule has 0 unspecified atom stereocenters. The highest BCUT2D eigenvalue weighted by molar-refractivity contribution is 6.08. The molecule has 0 saturated carbocycles. The third-order valence-electron chi connectivity index (χ3n) is 2.85. The highest BCUT2D eigenvalue weighted by Crippen LogP contribution is 2.21. The molecular formula is C14H9F2N3O. The molecule has 0 atom stereocenters. The van der Waals surface area contributed by atoms with Gasteiger partial charge in [0.2, 0.25) is 0 Å². The molecule has 2 aromatic carbocycles. The average Bonchev–Trinajstić information content (AvgIpc) is 2.87. The van der Waals surface area contributed by atoms with Crippen molar-refractivity contribution in [3.05, 3.63) is 59.8 Å². The first-order chi connectivity index (χ1) is 9.63. The fourth-order valence-electron chi connectivity index (χ4n) is 1.95. The van der Waals surface area contributed by atoms with Crippen LogP contribution in [0.15, 0.2) is 42.6 Å². The highest BCUT2D eigenvalue weighted by atomic mass is 19.1. The number of halogens is 2. The summed E-state index contributed by atoms with van der Waals surface area (Å²) in [7, 11) is 0. The number of hydrogen-bond donors (Lipinski definition) is 2. The van der Waals surface area contributed by atoms with Gasteiger partial charge >= 0.3 is 0 Å². The second-order valence-corrected chi connectivity index (χ2v) is 4.25. The van der Waals surface area contributed by atoms with Gasteiger partial charge in [0.25, 0.3) is 5.91 Å². The lowest BCUT2D eigenvalue weighted by molar-refractivity contribution is 0.102. The molecule has 0 bridgehead atoms. The van der Waals surface area contributed by atoms with Crippen LogP contribution in [0.25, 0.3) is 10.9 Å². The summed E-state index contributed by atoms with van der Waals surface area (Å²) in [4.78, 5) is 12.0. The van der Waals surface area contributed by atoms with Crippen LogP contribution in [0.3, 0.4) is 0 Å². The van der Waals surface area contributed by atoms with Gasteiger partial charge in [-0.3, -0.25) is 9.89 Å². The van der Waals surface area contributed by atoms with Crippen molar-refractivity contribution in [2.24, 2.45) is 0 Å². The minimum atomic E-state index is -0.796. The van der Waals surface area contributed by atoms with Crippen molar-refractivity contribution in [1.29, 1.82) is 0 Å². The molecule has 3 aromatic rings. The van der Waals surface area contributed by atoms with Crippen molar-refractivity contribution in [3.63, 3.8) is 0 Å². The van der Waals surface area contributed by atoms with Gasteiger partial charge in [-0.2, -0.15) is 5.10 Å². The van der Waals surface area contributed by atoms with Gasteiger partial charge in [0.15, 0.2) is 0 Å². The molecule has 2 N–H and O–H groups in total. The molecule has 1 heterocycles. The molecule has 1 aromatic heterocycles. The van der Waals surface area contributed by atoms with E-state index in [9.17, 15) is 13.6 Å². The normalized spacial score (nSPS) is 10.7. The number of nitrogens with zero attached hydrogens (tertiary/aromatic N) is 1. The van der Waals surface area contributed by atoms with E-state index in [0.29, 0.717) is 17.3 Å². The van der Waals surface area contributed by atoms with E-state index in [-0.39, 0.29) is 5.56 Å². The summed E-state index contributed by atoms with van der Waals surface area (Å²) in [6.07, 6.45) is 1.62. The number of hydrogen-bond acceptors (Lipinski definition) is 2. The van der Waals surface area contributed by atoms with Gasteiger partial charge < -0.3 is 5.32 Å². The molecule has 3 rings (SSSR count). The van der Waals surface area contributed by atoms with E-state index in [0.717, 1.165) is 17.5 Å². The lowest BCUT2D eigenvalue weighted by Gasteiger charge is -2.06. The molecule has 20 heavy (non-hydrogen) atoms. The van der Waals surface area contributed by atoms with E-state index in [2.05, 4.69) is 15.5 Å². The fourth-order valence-corrected chi connectivity index (χ4v) is 1.95. The minimum absolute atomic E-state index is 0.0842. The Morgan fingerprint density at radius 2 is 1.90 bits per heavy atom. The van der Waals surface area contributed by atoms with Crippen LogP contribution < -0.4 is 5.32 Å². The number of anilines is 1. The number of para-hydroxylation sites is 1. The number of fused-ring (bicyclic) bond motifs is 1. The van der Waals surface area contributed by atoms with Gasteiger partial charge in [-0.15, -0.1) is 0 Å². The second kappa shape index (κ2) is 4.73. The molecule has 0 aliphatic carbocycles. The molecule has 0 spiro atoms. The van der Waals surface area contributed by atoms with Crippen molar-refractivity contribution in [2.45, 2.75) is 0 Å². The Morgan fingerprint density at radius 3 is 2.65 bits per heavy atom. The van der Waals surface area contributed by atoms with Crippen LogP contribution in [0.1, 0.15) is 10.4 Å². The van der Waals surface area contributed by atoms with E-state index in [1.165, 1.54) is 0 Å². The fraction of sp³-hybridized carbons (Fsp3) is 0. The molecule has 0 aliphatic rings. The smallest absolute Gasteiger partial charge is 0.255 e. The summed E-state index contributed by atoms with van der Waals surface area (Å²) < 4.78 is 26.2. The Kier molecular flexibility index (Phi) is 2.90. The molecule has 0 saturated heterocycles. The van der Waals surface area contributed by atoms with Crippen molar-refractivity contribution >= 4 is 22.5 Å². The van der Waals surface area contributed by atoms with Crippen LogP contribution in [0.2, 0.25) is 0 Å². The number of benzene rings is 2. The van der Waals surface area contributed by atoms with Crippen LogP contribution in [-0.4, -0.2) is 16.1 Å². The third kappa shape index (κ3) is 2.23. The van der Waals surface area contributed by atoms with E-state index in [1.54, 1.807) is 18.3 Å². The lowest BCUT2D eigenvalue weighted by Crippen LogP contribution is -2.12. The minimum Gasteiger partial charge on any atom is -0.320 e. The quantitative estimate of drug-likeness (QED) is 0.753. The van der Waals surface area contributed by atoms with Crippen molar-refractivity contribution in [2.75, 3.05) is 5.32 Å². The van der Waals surface area contributed by atoms with E-state index in [4.69, 9.17) is 0 Å². The Bertz CT molecular complexity index is 778. The van der Waals surface area contributed by atoms with Crippen LogP contribution >= 0.6 is 0 Å². The molecular weight excluding hydrogens is 264 g/mol. The first-order valence-electron chi connectivity index (χ1n) is 5.83. The van der Waals surface area contributed by atoms with Crippen LogP contribution in [0, 0.1) is 11.6 Å². The van der Waals surface area contributed by atoms with Gasteiger partial charge in [0.05, 0.1) is 17.4 Å². The molecule has 4 nitrogen and oxygen atoms in total. The Morgan fingerprint density at radius 1 is 1.15 bits per heavy atom. The summed E-state index contributed by atoms with van der Waals surface area (Å²) >= 11 is 0. The van der Waals surface area contributed by atoms with Crippen LogP contribution in [-0.2, 0) is 0 Å². The molecule has 0 fully saturated rings. The van der Waals surface area contributed by atoms with Crippen molar-refractivity contribution < 1.29 is 13.6 Å². The third-order valence-corrected chi connectivity index (χ3v) is 2.85. The number of aromatic nitrogens is 2. The number of H-pyrrole nitrogens is 1. The summed E-state index contributed by atoms with van der Waals surface area (Å²) in [5.74, 6) is -2.18. The van der Waals surface area contributed by atoms with Gasteiger partial charge in [0, 0.05) is 17.0 Å².